The minimum Gasteiger partial charge on any atom is -0.0619 e. The Kier molecular flexibility index (Phi) is 6.35. The molecule has 9 rings (SSSR count). The Morgan fingerprint density at radius 3 is 0.880 bits per heavy atom. The highest BCUT2D eigenvalue weighted by molar-refractivity contribution is 7.13. The third-order valence-electron chi connectivity index (χ3n) is 13.2. The minimum absolute atomic E-state index is 0.0372. The van der Waals surface area contributed by atoms with Crippen molar-refractivity contribution in [3.05, 3.63) is 161 Å². The summed E-state index contributed by atoms with van der Waals surface area (Å²) < 4.78 is 0. The molecule has 50 heavy (non-hydrogen) atoms. The third kappa shape index (κ3) is 3.88. The molecule has 0 fully saturated rings. The molecule has 3 aliphatic rings. The number of hydrogen-bond acceptors (Lipinski definition) is 0. The second kappa shape index (κ2) is 10.1. The molecular formula is C49H48Si. The van der Waals surface area contributed by atoms with E-state index in [0.717, 1.165) is 0 Å². The van der Waals surface area contributed by atoms with E-state index in [2.05, 4.69) is 190 Å². The smallest absolute Gasteiger partial charge is 0.0619 e. The van der Waals surface area contributed by atoms with Crippen LogP contribution in [0.3, 0.4) is 0 Å². The lowest BCUT2D eigenvalue weighted by Crippen LogP contribution is -2.72. The first-order chi connectivity index (χ1) is 23.7. The molecule has 3 aliphatic carbocycles. The first kappa shape index (κ1) is 31.5. The SMILES string of the molecule is CC1(C)c2ccccc2-c2ccc([Si](c3ccc4c(c3)C(C)(C)c3ccccc3-4)(c3ccc4c(c3)C(C)(C)c3ccccc3-4)C(C)(C)C)cc21. The Morgan fingerprint density at radius 1 is 0.340 bits per heavy atom. The van der Waals surface area contributed by atoms with Gasteiger partial charge in [0.25, 0.3) is 0 Å². The lowest BCUT2D eigenvalue weighted by molar-refractivity contribution is 0.660. The lowest BCUT2D eigenvalue weighted by Gasteiger charge is -2.46. The number of rotatable bonds is 3. The molecule has 0 amide bonds. The van der Waals surface area contributed by atoms with Gasteiger partial charge in [0, 0.05) is 16.2 Å². The Bertz CT molecular complexity index is 2130. The van der Waals surface area contributed by atoms with Gasteiger partial charge >= 0.3 is 0 Å². The zero-order chi connectivity index (χ0) is 35.0. The fourth-order valence-corrected chi connectivity index (χ4v) is 16.3. The van der Waals surface area contributed by atoms with Crippen molar-refractivity contribution in [1.82, 2.24) is 0 Å². The highest BCUT2D eigenvalue weighted by Gasteiger charge is 2.52. The second-order valence-electron chi connectivity index (χ2n) is 17.8. The van der Waals surface area contributed by atoms with E-state index in [1.807, 2.05) is 0 Å². The molecule has 0 bridgehead atoms. The van der Waals surface area contributed by atoms with Gasteiger partial charge in [0.15, 0.2) is 8.07 Å². The molecule has 0 saturated heterocycles. The van der Waals surface area contributed by atoms with Crippen molar-refractivity contribution in [3.63, 3.8) is 0 Å². The molecule has 0 spiro atoms. The summed E-state index contributed by atoms with van der Waals surface area (Å²) >= 11 is 0. The molecule has 0 nitrogen and oxygen atoms in total. The minimum atomic E-state index is -2.75. The Morgan fingerprint density at radius 2 is 0.600 bits per heavy atom. The van der Waals surface area contributed by atoms with Crippen LogP contribution in [0.15, 0.2) is 127 Å². The molecule has 1 heteroatoms. The average molecular weight is 665 g/mol. The predicted octanol–water partition coefficient (Wildman–Crippen LogP) is 10.9. The fraction of sp³-hybridized carbons (Fsp3) is 0.265. The lowest BCUT2D eigenvalue weighted by atomic mass is 9.82. The molecule has 248 valence electrons. The molecule has 0 unspecified atom stereocenters. The molecule has 6 aromatic carbocycles. The van der Waals surface area contributed by atoms with Crippen LogP contribution in [0.5, 0.6) is 0 Å². The van der Waals surface area contributed by atoms with Crippen molar-refractivity contribution in [2.75, 3.05) is 0 Å². The zero-order valence-electron chi connectivity index (χ0n) is 31.1. The van der Waals surface area contributed by atoms with E-state index in [4.69, 9.17) is 0 Å². The molecular weight excluding hydrogens is 617 g/mol. The molecule has 0 aromatic heterocycles. The Hall–Kier alpha value is -4.46. The van der Waals surface area contributed by atoms with E-state index in [-0.39, 0.29) is 21.3 Å². The topological polar surface area (TPSA) is 0 Å². The van der Waals surface area contributed by atoms with Crippen LogP contribution in [-0.2, 0) is 16.2 Å². The van der Waals surface area contributed by atoms with Crippen LogP contribution in [0, 0.1) is 0 Å². The van der Waals surface area contributed by atoms with Gasteiger partial charge in [-0.15, -0.1) is 0 Å². The van der Waals surface area contributed by atoms with Crippen molar-refractivity contribution < 1.29 is 0 Å². The van der Waals surface area contributed by atoms with Gasteiger partial charge in [0.05, 0.1) is 0 Å². The quantitative estimate of drug-likeness (QED) is 0.130. The second-order valence-corrected chi connectivity index (χ2v) is 22.5. The van der Waals surface area contributed by atoms with Crippen molar-refractivity contribution in [3.8, 4) is 33.4 Å². The van der Waals surface area contributed by atoms with Crippen LogP contribution in [-0.4, -0.2) is 8.07 Å². The Labute approximate surface area is 300 Å². The molecule has 0 heterocycles. The predicted molar refractivity (Wildman–Crippen MR) is 216 cm³/mol. The first-order valence-electron chi connectivity index (χ1n) is 18.4. The highest BCUT2D eigenvalue weighted by Crippen LogP contribution is 2.52. The van der Waals surface area contributed by atoms with Gasteiger partial charge < -0.3 is 0 Å². The van der Waals surface area contributed by atoms with E-state index in [1.165, 1.54) is 82.3 Å². The largest absolute Gasteiger partial charge is 0.153 e. The van der Waals surface area contributed by atoms with Crippen molar-refractivity contribution in [2.24, 2.45) is 0 Å². The molecule has 0 N–H and O–H groups in total. The summed E-state index contributed by atoms with van der Waals surface area (Å²) in [6, 6.07) is 50.1. The van der Waals surface area contributed by atoms with Gasteiger partial charge in [-0.2, -0.15) is 0 Å². The van der Waals surface area contributed by atoms with Gasteiger partial charge in [-0.1, -0.05) is 190 Å². The van der Waals surface area contributed by atoms with Gasteiger partial charge in [-0.05, 0) is 87.4 Å². The maximum Gasteiger partial charge on any atom is 0.153 e. The van der Waals surface area contributed by atoms with Gasteiger partial charge in [0.2, 0.25) is 0 Å². The fourth-order valence-electron chi connectivity index (χ4n) is 10.6. The summed E-state index contributed by atoms with van der Waals surface area (Å²) in [5.41, 5.74) is 16.8. The first-order valence-corrected chi connectivity index (χ1v) is 20.4. The van der Waals surface area contributed by atoms with Gasteiger partial charge in [-0.25, -0.2) is 0 Å². The number of fused-ring (bicyclic) bond motifs is 9. The summed E-state index contributed by atoms with van der Waals surface area (Å²) in [4.78, 5) is 0. The van der Waals surface area contributed by atoms with Gasteiger partial charge in [0.1, 0.15) is 0 Å². The molecule has 0 radical (unpaired) electrons. The number of hydrogen-bond donors (Lipinski definition) is 0. The van der Waals surface area contributed by atoms with Crippen LogP contribution in [0.1, 0.15) is 95.7 Å². The average Bonchev–Trinajstić information content (AvgIpc) is 3.58. The van der Waals surface area contributed by atoms with Crippen LogP contribution in [0.4, 0.5) is 0 Å². The monoisotopic (exact) mass is 664 g/mol. The van der Waals surface area contributed by atoms with E-state index in [0.29, 0.717) is 0 Å². The van der Waals surface area contributed by atoms with Crippen LogP contribution >= 0.6 is 0 Å². The summed E-state index contributed by atoms with van der Waals surface area (Å²) in [6.45, 7) is 22.1. The van der Waals surface area contributed by atoms with Gasteiger partial charge in [-0.3, -0.25) is 0 Å². The molecule has 6 aromatic rings. The van der Waals surface area contributed by atoms with E-state index >= 15 is 0 Å². The summed E-state index contributed by atoms with van der Waals surface area (Å²) in [5, 5.41) is 4.48. The summed E-state index contributed by atoms with van der Waals surface area (Å²) in [5.74, 6) is 0. The van der Waals surface area contributed by atoms with Crippen LogP contribution in [0.25, 0.3) is 33.4 Å². The van der Waals surface area contributed by atoms with Crippen LogP contribution < -0.4 is 15.6 Å². The highest BCUT2D eigenvalue weighted by atomic mass is 28.3. The summed E-state index contributed by atoms with van der Waals surface area (Å²) in [7, 11) is -2.75. The van der Waals surface area contributed by atoms with Crippen molar-refractivity contribution in [1.29, 1.82) is 0 Å². The van der Waals surface area contributed by atoms with E-state index in [9.17, 15) is 0 Å². The van der Waals surface area contributed by atoms with Crippen LogP contribution in [0.2, 0.25) is 5.04 Å². The number of benzene rings is 6. The molecule has 0 atom stereocenters. The molecule has 0 aliphatic heterocycles. The normalized spacial score (nSPS) is 17.0. The van der Waals surface area contributed by atoms with E-state index < -0.39 is 8.07 Å². The van der Waals surface area contributed by atoms with Crippen molar-refractivity contribution in [2.45, 2.75) is 83.6 Å². The Balaban J connectivity index is 1.36. The maximum absolute atomic E-state index is 2.75. The summed E-state index contributed by atoms with van der Waals surface area (Å²) in [6.07, 6.45) is 0. The zero-order valence-corrected chi connectivity index (χ0v) is 32.1. The standard InChI is InChI=1S/C49H48Si/c1-46(2,3)50(31-22-25-37-34-16-10-13-19-40(34)47(4,5)43(37)28-31,32-23-26-38-35-17-11-14-20-41(35)48(6,7)44(38)29-32)33-24-27-39-36-18-12-15-21-42(36)49(8,9)45(39)30-33/h10-30H,1-9H3. The maximum atomic E-state index is 2.65. The van der Waals surface area contributed by atoms with Crippen molar-refractivity contribution >= 4 is 23.6 Å². The van der Waals surface area contributed by atoms with E-state index in [1.54, 1.807) is 0 Å². The molecule has 0 saturated carbocycles. The third-order valence-corrected chi connectivity index (χ3v) is 19.0.